The number of aliphatic hydroxyl groups is 1. The second-order valence-electron chi connectivity index (χ2n) is 7.92. The average molecular weight is 385 g/mol. The van der Waals surface area contributed by atoms with E-state index in [2.05, 4.69) is 4.98 Å². The van der Waals surface area contributed by atoms with Crippen LogP contribution in [0.5, 0.6) is 5.75 Å². The van der Waals surface area contributed by atoms with E-state index in [4.69, 9.17) is 4.74 Å². The van der Waals surface area contributed by atoms with E-state index >= 15 is 0 Å². The minimum absolute atomic E-state index is 0.0759. The zero-order chi connectivity index (χ0) is 19.4. The number of carbonyl (C=O) groups excluding carboxylic acids is 2. The minimum atomic E-state index is -0.944. The van der Waals surface area contributed by atoms with Gasteiger partial charge < -0.3 is 29.7 Å². The number of nitrogens with zero attached hydrogens (tertiary/aromatic N) is 2. The van der Waals surface area contributed by atoms with Crippen LogP contribution in [-0.4, -0.2) is 81.3 Å². The number of hydrogen-bond donors (Lipinski definition) is 3. The number of aromatic hydroxyl groups is 1. The molecule has 5 rings (SSSR count). The number of aromatic nitrogens is 1. The van der Waals surface area contributed by atoms with Crippen LogP contribution in [0.25, 0.3) is 10.9 Å². The lowest BCUT2D eigenvalue weighted by Crippen LogP contribution is -2.56. The first kappa shape index (κ1) is 17.5. The number of H-pyrrole nitrogens is 1. The highest BCUT2D eigenvalue weighted by molar-refractivity contribution is 5.99. The molecule has 0 bridgehead atoms. The third-order valence-corrected chi connectivity index (χ3v) is 6.06. The summed E-state index contributed by atoms with van der Waals surface area (Å²) in [6.45, 7) is 1.61. The van der Waals surface area contributed by atoms with Crippen molar-refractivity contribution in [1.82, 2.24) is 14.8 Å². The van der Waals surface area contributed by atoms with Gasteiger partial charge in [-0.05, 0) is 37.0 Å². The van der Waals surface area contributed by atoms with Crippen molar-refractivity contribution in [3.05, 3.63) is 30.0 Å². The summed E-state index contributed by atoms with van der Waals surface area (Å²) in [5.74, 6) is -0.238. The van der Waals surface area contributed by atoms with Crippen LogP contribution in [0.4, 0.5) is 0 Å². The van der Waals surface area contributed by atoms with Crippen molar-refractivity contribution in [2.24, 2.45) is 5.92 Å². The van der Waals surface area contributed by atoms with Gasteiger partial charge in [-0.15, -0.1) is 0 Å². The Morgan fingerprint density at radius 2 is 2.07 bits per heavy atom. The van der Waals surface area contributed by atoms with Gasteiger partial charge in [-0.3, -0.25) is 9.59 Å². The molecule has 3 aliphatic rings. The van der Waals surface area contributed by atoms with Crippen LogP contribution >= 0.6 is 0 Å². The van der Waals surface area contributed by atoms with Gasteiger partial charge in [-0.2, -0.15) is 0 Å². The lowest BCUT2D eigenvalue weighted by molar-refractivity contribution is -0.152. The number of hydrogen-bond acceptors (Lipinski definition) is 5. The molecule has 2 saturated heterocycles. The van der Waals surface area contributed by atoms with Crippen molar-refractivity contribution in [3.8, 4) is 5.75 Å². The SMILES string of the molecule is O=C(c1cc2c(O)cccc2[nH]1)N1C[C@H]2OCCN(C(=O)C(O)C3CC3)[C@H]2C1. The molecule has 3 N–H and O–H groups in total. The summed E-state index contributed by atoms with van der Waals surface area (Å²) >= 11 is 0. The quantitative estimate of drug-likeness (QED) is 0.721. The molecule has 3 fully saturated rings. The molecule has 3 atom stereocenters. The van der Waals surface area contributed by atoms with E-state index in [0.717, 1.165) is 12.8 Å². The number of aromatic amines is 1. The van der Waals surface area contributed by atoms with Crippen molar-refractivity contribution >= 4 is 22.7 Å². The third kappa shape index (κ3) is 2.84. The fourth-order valence-corrected chi connectivity index (χ4v) is 4.34. The lowest BCUT2D eigenvalue weighted by Gasteiger charge is -2.37. The number of fused-ring (bicyclic) bond motifs is 2. The smallest absolute Gasteiger partial charge is 0.270 e. The largest absolute Gasteiger partial charge is 0.507 e. The van der Waals surface area contributed by atoms with E-state index < -0.39 is 6.10 Å². The standard InChI is InChI=1S/C20H23N3O5/c24-16-3-1-2-13-12(16)8-14(21-13)19(26)22-9-15-17(10-22)28-7-6-23(15)20(27)18(25)11-4-5-11/h1-3,8,11,15,17-18,21,24-25H,4-7,9-10H2/t15-,17+,18?/m0/s1. The Balaban J connectivity index is 1.35. The van der Waals surface area contributed by atoms with Gasteiger partial charge in [-0.1, -0.05) is 6.07 Å². The number of likely N-dealkylation sites (tertiary alicyclic amines) is 1. The van der Waals surface area contributed by atoms with E-state index in [1.165, 1.54) is 0 Å². The summed E-state index contributed by atoms with van der Waals surface area (Å²) in [5, 5.41) is 20.8. The van der Waals surface area contributed by atoms with Gasteiger partial charge in [0.05, 0.1) is 18.8 Å². The fraction of sp³-hybridized carbons (Fsp3) is 0.500. The number of morpholine rings is 1. The Morgan fingerprint density at radius 3 is 2.82 bits per heavy atom. The number of aliphatic hydroxyl groups excluding tert-OH is 1. The van der Waals surface area contributed by atoms with E-state index in [-0.39, 0.29) is 35.6 Å². The molecule has 0 spiro atoms. The van der Waals surface area contributed by atoms with E-state index in [0.29, 0.717) is 42.8 Å². The number of amides is 2. The molecule has 1 aromatic carbocycles. The van der Waals surface area contributed by atoms with Crippen molar-refractivity contribution in [1.29, 1.82) is 0 Å². The number of ether oxygens (including phenoxy) is 1. The molecule has 2 aliphatic heterocycles. The minimum Gasteiger partial charge on any atom is -0.507 e. The maximum Gasteiger partial charge on any atom is 0.270 e. The number of carbonyl (C=O) groups is 2. The Bertz CT molecular complexity index is 937. The summed E-state index contributed by atoms with van der Waals surface area (Å²) in [6.07, 6.45) is 0.595. The number of phenols is 1. The second kappa shape index (κ2) is 6.49. The molecular weight excluding hydrogens is 362 g/mol. The Hall–Kier alpha value is -2.58. The van der Waals surface area contributed by atoms with Gasteiger partial charge in [0.15, 0.2) is 0 Å². The number of benzene rings is 1. The first-order valence-corrected chi connectivity index (χ1v) is 9.73. The van der Waals surface area contributed by atoms with Crippen LogP contribution in [0.2, 0.25) is 0 Å². The molecule has 0 radical (unpaired) electrons. The maximum atomic E-state index is 13.0. The molecule has 3 heterocycles. The molecule has 28 heavy (non-hydrogen) atoms. The molecule has 2 aromatic rings. The molecule has 1 saturated carbocycles. The zero-order valence-electron chi connectivity index (χ0n) is 15.4. The topological polar surface area (TPSA) is 106 Å². The summed E-state index contributed by atoms with van der Waals surface area (Å²) in [5.41, 5.74) is 1.09. The predicted molar refractivity (Wildman–Crippen MR) is 99.8 cm³/mol. The summed E-state index contributed by atoms with van der Waals surface area (Å²) < 4.78 is 5.81. The van der Waals surface area contributed by atoms with Crippen LogP contribution in [0.3, 0.4) is 0 Å². The molecule has 8 heteroatoms. The highest BCUT2D eigenvalue weighted by Crippen LogP contribution is 2.35. The third-order valence-electron chi connectivity index (χ3n) is 6.06. The Kier molecular flexibility index (Phi) is 4.06. The number of rotatable bonds is 3. The van der Waals surface area contributed by atoms with Gasteiger partial charge in [0.25, 0.3) is 11.8 Å². The Morgan fingerprint density at radius 1 is 1.25 bits per heavy atom. The predicted octanol–water partition coefficient (Wildman–Crippen LogP) is 0.696. The molecule has 8 nitrogen and oxygen atoms in total. The zero-order valence-corrected chi connectivity index (χ0v) is 15.4. The molecular formula is C20H23N3O5. The first-order valence-electron chi connectivity index (χ1n) is 9.73. The van der Waals surface area contributed by atoms with Crippen molar-refractivity contribution < 1.29 is 24.5 Å². The van der Waals surface area contributed by atoms with Crippen molar-refractivity contribution in [2.45, 2.75) is 31.1 Å². The molecule has 1 aliphatic carbocycles. The van der Waals surface area contributed by atoms with E-state index in [1.54, 1.807) is 34.1 Å². The Labute approximate surface area is 161 Å². The van der Waals surface area contributed by atoms with Gasteiger partial charge in [0.1, 0.15) is 17.5 Å². The summed E-state index contributed by atoms with van der Waals surface area (Å²) in [6, 6.07) is 6.51. The van der Waals surface area contributed by atoms with E-state index in [1.807, 2.05) is 0 Å². The first-order chi connectivity index (χ1) is 13.5. The molecule has 1 unspecified atom stereocenters. The number of nitrogens with one attached hydrogen (secondary N) is 1. The fourth-order valence-electron chi connectivity index (χ4n) is 4.34. The van der Waals surface area contributed by atoms with Crippen molar-refractivity contribution in [2.75, 3.05) is 26.2 Å². The van der Waals surface area contributed by atoms with Crippen LogP contribution in [-0.2, 0) is 9.53 Å². The lowest BCUT2D eigenvalue weighted by atomic mass is 10.1. The second-order valence-corrected chi connectivity index (χ2v) is 7.92. The van der Waals surface area contributed by atoms with Gasteiger partial charge in [0.2, 0.25) is 0 Å². The van der Waals surface area contributed by atoms with Crippen LogP contribution < -0.4 is 0 Å². The highest BCUT2D eigenvalue weighted by atomic mass is 16.5. The van der Waals surface area contributed by atoms with Gasteiger partial charge >= 0.3 is 0 Å². The molecule has 1 aromatic heterocycles. The highest BCUT2D eigenvalue weighted by Gasteiger charge is 2.47. The van der Waals surface area contributed by atoms with Gasteiger partial charge in [-0.25, -0.2) is 0 Å². The molecule has 148 valence electrons. The van der Waals surface area contributed by atoms with Crippen molar-refractivity contribution in [3.63, 3.8) is 0 Å². The molecule has 2 amide bonds. The normalized spacial score (nSPS) is 25.8. The average Bonchev–Trinajstić information content (AvgIpc) is 3.29. The van der Waals surface area contributed by atoms with Crippen LogP contribution in [0.1, 0.15) is 23.3 Å². The maximum absolute atomic E-state index is 13.0. The van der Waals surface area contributed by atoms with Crippen LogP contribution in [0, 0.1) is 5.92 Å². The summed E-state index contributed by atoms with van der Waals surface area (Å²) in [7, 11) is 0. The van der Waals surface area contributed by atoms with Crippen LogP contribution in [0.15, 0.2) is 24.3 Å². The van der Waals surface area contributed by atoms with Gasteiger partial charge in [0, 0.05) is 30.5 Å². The monoisotopic (exact) mass is 385 g/mol. The number of phenolic OH excluding ortho intramolecular Hbond substituents is 1. The van der Waals surface area contributed by atoms with E-state index in [9.17, 15) is 19.8 Å². The summed E-state index contributed by atoms with van der Waals surface area (Å²) in [4.78, 5) is 32.1.